The number of esters is 4. The molecule has 11 heteroatoms. The van der Waals surface area contributed by atoms with E-state index in [-0.39, 0.29) is 17.6 Å². The van der Waals surface area contributed by atoms with E-state index in [1.54, 1.807) is 71.9 Å². The van der Waals surface area contributed by atoms with Crippen LogP contribution in [-0.4, -0.2) is 70.6 Å². The molecule has 1 aromatic carbocycles. The molecule has 1 aromatic rings. The van der Waals surface area contributed by atoms with Crippen molar-refractivity contribution >= 4 is 35.4 Å². The summed E-state index contributed by atoms with van der Waals surface area (Å²) in [7, 11) is 0. The molecule has 2 aliphatic carbocycles. The van der Waals surface area contributed by atoms with E-state index < -0.39 is 100 Å². The minimum atomic E-state index is -2.19. The Hall–Kier alpha value is -4.12. The van der Waals surface area contributed by atoms with Crippen molar-refractivity contribution in [3.63, 3.8) is 0 Å². The molecule has 1 N–H and O–H groups in total. The van der Waals surface area contributed by atoms with Gasteiger partial charge in [0, 0.05) is 43.9 Å². The lowest BCUT2D eigenvalue weighted by Gasteiger charge is -2.44. The Labute approximate surface area is 282 Å². The average Bonchev–Trinajstić information content (AvgIpc) is 3.24. The maximum atomic E-state index is 14.4. The number of hydrogen-bond donors (Lipinski definition) is 1. The Morgan fingerprint density at radius 2 is 1.42 bits per heavy atom. The first kappa shape index (κ1) is 38.3. The highest BCUT2D eigenvalue weighted by Crippen LogP contribution is 2.51. The molecule has 0 amide bonds. The normalized spacial score (nSPS) is 32.6. The van der Waals surface area contributed by atoms with E-state index in [0.717, 1.165) is 6.92 Å². The minimum Gasteiger partial charge on any atom is -0.462 e. The van der Waals surface area contributed by atoms with Gasteiger partial charge in [-0.1, -0.05) is 78.5 Å². The molecular formula is C37H48O11. The number of aliphatic hydroxyl groups is 1. The van der Waals surface area contributed by atoms with Crippen LogP contribution in [0.2, 0.25) is 0 Å². The number of ether oxygens (including phenoxy) is 4. The molecule has 0 saturated heterocycles. The van der Waals surface area contributed by atoms with Crippen molar-refractivity contribution in [2.24, 2.45) is 35.0 Å². The van der Waals surface area contributed by atoms with E-state index in [9.17, 15) is 33.9 Å². The van der Waals surface area contributed by atoms with Crippen molar-refractivity contribution in [1.82, 2.24) is 0 Å². The van der Waals surface area contributed by atoms with E-state index >= 15 is 0 Å². The van der Waals surface area contributed by atoms with Crippen LogP contribution in [0.5, 0.6) is 0 Å². The maximum Gasteiger partial charge on any atom is 0.338 e. The van der Waals surface area contributed by atoms with Gasteiger partial charge in [0.15, 0.2) is 24.1 Å². The first-order valence-corrected chi connectivity index (χ1v) is 16.2. The molecular weight excluding hydrogens is 620 g/mol. The summed E-state index contributed by atoms with van der Waals surface area (Å²) in [5.74, 6) is -9.24. The van der Waals surface area contributed by atoms with Gasteiger partial charge < -0.3 is 24.1 Å². The molecule has 1 fully saturated rings. The third-order valence-electron chi connectivity index (χ3n) is 9.22. The summed E-state index contributed by atoms with van der Waals surface area (Å²) in [5.41, 5.74) is -3.37. The monoisotopic (exact) mass is 668 g/mol. The van der Waals surface area contributed by atoms with Gasteiger partial charge in [-0.05, 0) is 30.0 Å². The Morgan fingerprint density at radius 1 is 0.875 bits per heavy atom. The van der Waals surface area contributed by atoms with E-state index in [4.69, 9.17) is 18.9 Å². The molecule has 0 unspecified atom stereocenters. The number of carbonyl (C=O) groups excluding carboxylic acids is 6. The van der Waals surface area contributed by atoms with Crippen LogP contribution in [0.25, 0.3) is 0 Å². The predicted molar refractivity (Wildman–Crippen MR) is 174 cm³/mol. The zero-order valence-corrected chi connectivity index (χ0v) is 29.2. The van der Waals surface area contributed by atoms with E-state index in [2.05, 4.69) is 6.58 Å². The second-order valence-corrected chi connectivity index (χ2v) is 13.9. The molecule has 48 heavy (non-hydrogen) atoms. The van der Waals surface area contributed by atoms with E-state index in [0.29, 0.717) is 0 Å². The molecule has 0 aliphatic heterocycles. The van der Waals surface area contributed by atoms with Gasteiger partial charge in [0.05, 0.1) is 11.5 Å². The molecule has 9 atom stereocenters. The van der Waals surface area contributed by atoms with Crippen LogP contribution >= 0.6 is 0 Å². The zero-order valence-electron chi connectivity index (χ0n) is 29.2. The Balaban J connectivity index is 2.47. The first-order valence-electron chi connectivity index (χ1n) is 16.2. The molecule has 0 aromatic heterocycles. The molecule has 0 spiro atoms. The SMILES string of the molecule is C=C1[C@H](C(=O)C(C)C)[C@H]2[C@@H](OC(C)=O)[C@@H](C)C[C@]2(O)C(=O)[C@@H](C)/C=C/C(C)(C)[C@H](OC(C)=O)[C@H](OC(C)=O)[C@H]1OC(=O)c1ccccc1. The minimum absolute atomic E-state index is 0.126. The van der Waals surface area contributed by atoms with Crippen LogP contribution in [0.4, 0.5) is 0 Å². The number of fused-ring (bicyclic) bond motifs is 1. The molecule has 3 rings (SSSR count). The summed E-state index contributed by atoms with van der Waals surface area (Å²) < 4.78 is 23.5. The predicted octanol–water partition coefficient (Wildman–Crippen LogP) is 4.59. The average molecular weight is 669 g/mol. The van der Waals surface area contributed by atoms with E-state index in [1.807, 2.05) is 0 Å². The lowest BCUT2D eigenvalue weighted by Crippen LogP contribution is -2.57. The lowest BCUT2D eigenvalue weighted by atomic mass is 9.66. The molecule has 1 saturated carbocycles. The molecule has 2 aliphatic rings. The van der Waals surface area contributed by atoms with Crippen molar-refractivity contribution in [3.8, 4) is 0 Å². The van der Waals surface area contributed by atoms with Crippen molar-refractivity contribution in [2.45, 2.75) is 98.8 Å². The standard InChI is InChI=1S/C37H48O11/c1-19(2)29(41)27-22(5)31(48-35(43)26-14-12-11-13-15-26)32(46-24(7)39)34(47-25(8)40)36(9,10)17-16-20(3)33(42)37(44)18-21(4)30(28(27)37)45-23(6)38/h11-17,19-21,27-28,30-32,34,44H,5,18H2,1-4,6-10H3/b17-16+/t20-,21-,27-,28-,30-,31-,32+,34+,37+/m0/s1. The van der Waals surface area contributed by atoms with Crippen LogP contribution < -0.4 is 0 Å². The number of carbonyl (C=O) groups is 6. The molecule has 11 nitrogen and oxygen atoms in total. The van der Waals surface area contributed by atoms with Crippen LogP contribution in [0.3, 0.4) is 0 Å². The van der Waals surface area contributed by atoms with Crippen LogP contribution in [-0.2, 0) is 42.9 Å². The summed E-state index contributed by atoms with van der Waals surface area (Å²) in [6.07, 6.45) is -2.65. The Bertz CT molecular complexity index is 1460. The van der Waals surface area contributed by atoms with Gasteiger partial charge in [-0.2, -0.15) is 0 Å². The van der Waals surface area contributed by atoms with Gasteiger partial charge in [0.2, 0.25) is 0 Å². The fraction of sp³-hybridized carbons (Fsp3) is 0.568. The van der Waals surface area contributed by atoms with Gasteiger partial charge in [0.25, 0.3) is 0 Å². The van der Waals surface area contributed by atoms with Crippen LogP contribution in [0, 0.1) is 35.0 Å². The van der Waals surface area contributed by atoms with E-state index in [1.165, 1.54) is 26.0 Å². The summed E-state index contributed by atoms with van der Waals surface area (Å²) in [4.78, 5) is 80.1. The Kier molecular flexibility index (Phi) is 12.0. The van der Waals surface area contributed by atoms with Crippen molar-refractivity contribution in [1.29, 1.82) is 0 Å². The molecule has 0 bridgehead atoms. The molecule has 0 heterocycles. The lowest BCUT2D eigenvalue weighted by molar-refractivity contribution is -0.183. The van der Waals surface area contributed by atoms with Gasteiger partial charge in [-0.15, -0.1) is 0 Å². The van der Waals surface area contributed by atoms with Gasteiger partial charge in [-0.25, -0.2) is 4.79 Å². The summed E-state index contributed by atoms with van der Waals surface area (Å²) in [6.45, 7) is 17.6. The highest BCUT2D eigenvalue weighted by molar-refractivity contribution is 5.94. The number of Topliss-reactive ketones (excluding diaryl/α,β-unsaturated/α-hetero) is 2. The van der Waals surface area contributed by atoms with Crippen LogP contribution in [0.15, 0.2) is 54.6 Å². The smallest absolute Gasteiger partial charge is 0.338 e. The topological polar surface area (TPSA) is 160 Å². The number of rotatable bonds is 7. The number of ketones is 2. The van der Waals surface area contributed by atoms with Crippen molar-refractivity contribution < 1.29 is 52.8 Å². The summed E-state index contributed by atoms with van der Waals surface area (Å²) >= 11 is 0. The van der Waals surface area contributed by atoms with Gasteiger partial charge >= 0.3 is 23.9 Å². The fourth-order valence-electron chi connectivity index (χ4n) is 6.98. The van der Waals surface area contributed by atoms with Crippen molar-refractivity contribution in [3.05, 3.63) is 60.2 Å². The van der Waals surface area contributed by atoms with Gasteiger partial charge in [-0.3, -0.25) is 24.0 Å². The number of benzene rings is 1. The highest BCUT2D eigenvalue weighted by atomic mass is 16.6. The quantitative estimate of drug-likeness (QED) is 0.246. The highest BCUT2D eigenvalue weighted by Gasteiger charge is 2.63. The Morgan fingerprint density at radius 3 is 1.94 bits per heavy atom. The first-order chi connectivity index (χ1) is 22.2. The van der Waals surface area contributed by atoms with Gasteiger partial charge in [0.1, 0.15) is 17.5 Å². The largest absolute Gasteiger partial charge is 0.462 e. The second kappa shape index (κ2) is 15.0. The van der Waals surface area contributed by atoms with Crippen molar-refractivity contribution in [2.75, 3.05) is 0 Å². The molecule has 262 valence electrons. The second-order valence-electron chi connectivity index (χ2n) is 13.9. The summed E-state index contributed by atoms with van der Waals surface area (Å²) in [5, 5.41) is 12.4. The number of hydrogen-bond acceptors (Lipinski definition) is 11. The fourth-order valence-corrected chi connectivity index (χ4v) is 6.98. The van der Waals surface area contributed by atoms with Crippen LogP contribution in [0.1, 0.15) is 79.1 Å². The third kappa shape index (κ3) is 8.11. The number of allylic oxidation sites excluding steroid dienone is 1. The summed E-state index contributed by atoms with van der Waals surface area (Å²) in [6, 6.07) is 7.94. The maximum absolute atomic E-state index is 14.4. The third-order valence-corrected chi connectivity index (χ3v) is 9.22. The molecule has 0 radical (unpaired) electrons. The zero-order chi connectivity index (χ0) is 36.3.